The predicted octanol–water partition coefficient (Wildman–Crippen LogP) is -0.268. The minimum Gasteiger partial charge on any atom is -0.381 e. The number of nitrogen functional groups attached to an aromatic ring is 1. The van der Waals surface area contributed by atoms with Gasteiger partial charge in [0.25, 0.3) is 5.91 Å². The van der Waals surface area contributed by atoms with Gasteiger partial charge in [0.15, 0.2) is 17.3 Å². The van der Waals surface area contributed by atoms with Crippen molar-refractivity contribution in [1.29, 1.82) is 0 Å². The molecule has 4 atom stereocenters. The number of nitrogens with zero attached hydrogens (tertiary/aromatic N) is 5. The van der Waals surface area contributed by atoms with E-state index in [1.165, 1.54) is 10.7 Å². The molecule has 5 N–H and O–H groups in total. The Morgan fingerprint density at radius 1 is 1.21 bits per heavy atom. The molecule has 3 saturated heterocycles. The van der Waals surface area contributed by atoms with Crippen molar-refractivity contribution in [3.63, 3.8) is 0 Å². The summed E-state index contributed by atoms with van der Waals surface area (Å²) in [5.41, 5.74) is 6.46. The number of amides is 1. The molecular formula is C22H34FN9O. The first-order chi connectivity index (χ1) is 16.0. The van der Waals surface area contributed by atoms with E-state index in [2.05, 4.69) is 42.9 Å². The number of hydrogen-bond donors (Lipinski definition) is 4. The molecule has 2 aromatic rings. The van der Waals surface area contributed by atoms with Crippen molar-refractivity contribution in [3.8, 4) is 0 Å². The fraction of sp³-hybridized carbons (Fsp3) is 0.682. The van der Waals surface area contributed by atoms with E-state index < -0.39 is 5.82 Å². The zero-order valence-electron chi connectivity index (χ0n) is 19.1. The summed E-state index contributed by atoms with van der Waals surface area (Å²) in [6.07, 6.45) is 6.00. The summed E-state index contributed by atoms with van der Waals surface area (Å²) in [5.74, 6) is 0.104. The molecule has 2 aromatic heterocycles. The van der Waals surface area contributed by atoms with Crippen molar-refractivity contribution < 1.29 is 9.18 Å². The molecule has 180 valence electrons. The number of piperidine rings is 2. The lowest BCUT2D eigenvalue weighted by Crippen LogP contribution is -2.59. The summed E-state index contributed by atoms with van der Waals surface area (Å²) in [6.45, 7) is 7.11. The van der Waals surface area contributed by atoms with Gasteiger partial charge in [-0.2, -0.15) is 0 Å². The van der Waals surface area contributed by atoms with Crippen molar-refractivity contribution in [2.24, 2.45) is 11.8 Å². The van der Waals surface area contributed by atoms with Crippen LogP contribution in [0.4, 0.5) is 10.2 Å². The van der Waals surface area contributed by atoms with Crippen LogP contribution in [0.2, 0.25) is 0 Å². The standard InChI is InChI=1S/C22H34FN9O/c1-30-6-8-31(9-7-30)18-3-2-14(10-26-18)16-4-5-25-12-17(16)28-22(33)19-20(24)29-32-13-15(23)11-27-21(19)32/h11,13-14,16-18,25-26H,2-10,12H2,1H3,(H2,24,29)(H,28,33). The number of anilines is 1. The number of hydrogen-bond acceptors (Lipinski definition) is 8. The van der Waals surface area contributed by atoms with Crippen LogP contribution in [-0.4, -0.2) is 95.4 Å². The van der Waals surface area contributed by atoms with Crippen LogP contribution in [0.1, 0.15) is 29.6 Å². The highest BCUT2D eigenvalue weighted by Gasteiger charge is 2.37. The van der Waals surface area contributed by atoms with Gasteiger partial charge in [-0.1, -0.05) is 0 Å². The third-order valence-corrected chi connectivity index (χ3v) is 7.56. The highest BCUT2D eigenvalue weighted by molar-refractivity contribution is 6.04. The molecule has 33 heavy (non-hydrogen) atoms. The SMILES string of the molecule is CN1CCN(C2CCC(C3CCNCC3NC(=O)c3c(N)nn4cc(F)cnc34)CN2)CC1. The Morgan fingerprint density at radius 2 is 2.03 bits per heavy atom. The zero-order valence-corrected chi connectivity index (χ0v) is 19.1. The molecule has 4 unspecified atom stereocenters. The normalized spacial score (nSPS) is 29.9. The molecule has 0 aromatic carbocycles. The second-order valence-corrected chi connectivity index (χ2v) is 9.64. The molecule has 0 radical (unpaired) electrons. The Morgan fingerprint density at radius 3 is 2.79 bits per heavy atom. The molecule has 5 rings (SSSR count). The topological polar surface area (TPSA) is 116 Å². The number of likely N-dealkylation sites (N-methyl/N-ethyl adjacent to an activating group) is 1. The van der Waals surface area contributed by atoms with E-state index in [0.717, 1.165) is 71.3 Å². The van der Waals surface area contributed by atoms with Crippen molar-refractivity contribution in [2.75, 3.05) is 58.6 Å². The maximum absolute atomic E-state index is 13.5. The average molecular weight is 460 g/mol. The van der Waals surface area contributed by atoms with Crippen LogP contribution >= 0.6 is 0 Å². The summed E-state index contributed by atoms with van der Waals surface area (Å²) in [5, 5.41) is 14.4. The quantitative estimate of drug-likeness (QED) is 0.494. The van der Waals surface area contributed by atoms with Crippen LogP contribution in [0.5, 0.6) is 0 Å². The van der Waals surface area contributed by atoms with Gasteiger partial charge in [-0.15, -0.1) is 5.10 Å². The first kappa shape index (κ1) is 22.5. The Hall–Kier alpha value is -2.34. The maximum atomic E-state index is 13.5. The van der Waals surface area contributed by atoms with E-state index in [1.807, 2.05) is 0 Å². The number of aromatic nitrogens is 3. The van der Waals surface area contributed by atoms with Gasteiger partial charge in [-0.25, -0.2) is 13.9 Å². The minimum absolute atomic E-state index is 0.00645. The van der Waals surface area contributed by atoms with Gasteiger partial charge in [-0.05, 0) is 51.2 Å². The second kappa shape index (κ2) is 9.49. The third kappa shape index (κ3) is 4.68. The lowest BCUT2D eigenvalue weighted by atomic mass is 9.77. The number of nitrogens with one attached hydrogen (secondary N) is 3. The summed E-state index contributed by atoms with van der Waals surface area (Å²) < 4.78 is 14.7. The molecule has 1 amide bonds. The number of halogens is 1. The van der Waals surface area contributed by atoms with Crippen molar-refractivity contribution in [2.45, 2.75) is 31.5 Å². The molecule has 0 spiro atoms. The Kier molecular flexibility index (Phi) is 6.46. The average Bonchev–Trinajstić information content (AvgIpc) is 3.15. The van der Waals surface area contributed by atoms with Gasteiger partial charge in [-0.3, -0.25) is 9.69 Å². The molecule has 3 fully saturated rings. The van der Waals surface area contributed by atoms with Gasteiger partial charge in [0.05, 0.1) is 18.6 Å². The Bertz CT molecular complexity index is 982. The smallest absolute Gasteiger partial charge is 0.259 e. The number of carbonyl (C=O) groups excluding carboxylic acids is 1. The molecule has 0 saturated carbocycles. The fourth-order valence-corrected chi connectivity index (χ4v) is 5.66. The third-order valence-electron chi connectivity index (χ3n) is 7.56. The van der Waals surface area contributed by atoms with Crippen LogP contribution in [0.15, 0.2) is 12.4 Å². The molecule has 10 nitrogen and oxygen atoms in total. The number of nitrogens with two attached hydrogens (primary N) is 1. The number of fused-ring (bicyclic) bond motifs is 1. The second-order valence-electron chi connectivity index (χ2n) is 9.64. The van der Waals surface area contributed by atoms with Gasteiger partial charge >= 0.3 is 0 Å². The van der Waals surface area contributed by atoms with Crippen molar-refractivity contribution in [3.05, 3.63) is 23.8 Å². The predicted molar refractivity (Wildman–Crippen MR) is 123 cm³/mol. The van der Waals surface area contributed by atoms with Crippen molar-refractivity contribution in [1.82, 2.24) is 40.3 Å². The van der Waals surface area contributed by atoms with Crippen LogP contribution in [0, 0.1) is 17.7 Å². The van der Waals surface area contributed by atoms with Crippen LogP contribution in [0.25, 0.3) is 5.65 Å². The molecule has 3 aliphatic heterocycles. The fourth-order valence-electron chi connectivity index (χ4n) is 5.66. The number of carbonyl (C=O) groups is 1. The monoisotopic (exact) mass is 459 g/mol. The summed E-state index contributed by atoms with van der Waals surface area (Å²) in [6, 6.07) is -0.00645. The largest absolute Gasteiger partial charge is 0.381 e. The first-order valence-electron chi connectivity index (χ1n) is 12.0. The van der Waals surface area contributed by atoms with E-state index in [1.54, 1.807) is 0 Å². The van der Waals surface area contributed by atoms with E-state index in [9.17, 15) is 9.18 Å². The maximum Gasteiger partial charge on any atom is 0.259 e. The highest BCUT2D eigenvalue weighted by Crippen LogP contribution is 2.30. The van der Waals surface area contributed by atoms with Gasteiger partial charge in [0.1, 0.15) is 5.56 Å². The van der Waals surface area contributed by atoms with Gasteiger partial charge < -0.3 is 26.6 Å². The molecule has 11 heteroatoms. The summed E-state index contributed by atoms with van der Waals surface area (Å²) in [4.78, 5) is 22.2. The van der Waals surface area contributed by atoms with Gasteiger partial charge in [0.2, 0.25) is 0 Å². The van der Waals surface area contributed by atoms with Crippen LogP contribution < -0.4 is 21.7 Å². The van der Waals surface area contributed by atoms with Crippen LogP contribution in [-0.2, 0) is 0 Å². The number of rotatable bonds is 4. The molecule has 5 heterocycles. The Labute approximate surface area is 193 Å². The van der Waals surface area contributed by atoms with E-state index in [4.69, 9.17) is 5.73 Å². The zero-order chi connectivity index (χ0) is 22.9. The number of piperazine rings is 1. The molecular weight excluding hydrogens is 425 g/mol. The lowest BCUT2D eigenvalue weighted by Gasteiger charge is -2.45. The molecule has 0 aliphatic carbocycles. The van der Waals surface area contributed by atoms with E-state index >= 15 is 0 Å². The lowest BCUT2D eigenvalue weighted by molar-refractivity contribution is 0.0523. The minimum atomic E-state index is -0.534. The summed E-state index contributed by atoms with van der Waals surface area (Å²) in [7, 11) is 2.18. The van der Waals surface area contributed by atoms with E-state index in [0.29, 0.717) is 18.0 Å². The molecule has 3 aliphatic rings. The highest BCUT2D eigenvalue weighted by atomic mass is 19.1. The Balaban J connectivity index is 1.23. The first-order valence-corrected chi connectivity index (χ1v) is 12.0. The van der Waals surface area contributed by atoms with Crippen LogP contribution in [0.3, 0.4) is 0 Å². The van der Waals surface area contributed by atoms with Crippen molar-refractivity contribution >= 4 is 17.4 Å². The van der Waals surface area contributed by atoms with Gasteiger partial charge in [0, 0.05) is 38.8 Å². The molecule has 0 bridgehead atoms. The van der Waals surface area contributed by atoms with E-state index in [-0.39, 0.29) is 29.0 Å². The summed E-state index contributed by atoms with van der Waals surface area (Å²) >= 11 is 0.